The van der Waals surface area contributed by atoms with Crippen molar-refractivity contribution in [2.45, 2.75) is 140 Å². The second-order valence-corrected chi connectivity index (χ2v) is 14.7. The van der Waals surface area contributed by atoms with Gasteiger partial charge in [-0.25, -0.2) is 4.79 Å². The molecule has 1 unspecified atom stereocenters. The normalized spacial score (nSPS) is 34.4. The second kappa shape index (κ2) is 18.6. The summed E-state index contributed by atoms with van der Waals surface area (Å²) in [5.41, 5.74) is -1.50. The van der Waals surface area contributed by atoms with Gasteiger partial charge in [-0.15, -0.1) is 0 Å². The van der Waals surface area contributed by atoms with Crippen LogP contribution < -0.4 is 5.32 Å². The maximum atomic E-state index is 13.5. The van der Waals surface area contributed by atoms with Crippen molar-refractivity contribution >= 4 is 18.0 Å². The van der Waals surface area contributed by atoms with Crippen molar-refractivity contribution < 1.29 is 53.8 Å². The third-order valence-corrected chi connectivity index (χ3v) is 10.3. The minimum atomic E-state index is -1.17. The number of nitrogens with zero attached hydrogens (tertiary/aromatic N) is 1. The quantitative estimate of drug-likeness (QED) is 0.0813. The molecule has 3 rings (SSSR count). The summed E-state index contributed by atoms with van der Waals surface area (Å²) < 4.78 is 23.6. The number of carboxylic acid groups (broad SMARTS) is 1. The molecule has 1 amide bonds. The van der Waals surface area contributed by atoms with Crippen LogP contribution in [0.2, 0.25) is 0 Å². The Morgan fingerprint density at radius 2 is 2.02 bits per heavy atom. The summed E-state index contributed by atoms with van der Waals surface area (Å²) in [5.74, 6) is -1.85. The van der Waals surface area contributed by atoms with Crippen molar-refractivity contribution in [1.82, 2.24) is 10.2 Å². The smallest absolute Gasteiger partial charge is 0.410 e. The van der Waals surface area contributed by atoms with Crippen LogP contribution in [0.3, 0.4) is 0 Å². The molecule has 11 atom stereocenters. The number of carbonyl (C=O) groups is 3. The molecule has 0 aromatic carbocycles. The average Bonchev–Trinajstić information content (AvgIpc) is 3.83. The van der Waals surface area contributed by atoms with Gasteiger partial charge in [-0.3, -0.25) is 9.59 Å². The summed E-state index contributed by atoms with van der Waals surface area (Å²) in [6.45, 7) is 12.3. The van der Waals surface area contributed by atoms with Crippen molar-refractivity contribution in [1.29, 1.82) is 0 Å². The average molecular weight is 709 g/mol. The molecule has 3 aliphatic heterocycles. The van der Waals surface area contributed by atoms with E-state index < -0.39 is 53.6 Å². The molecular formula is C37H60N2O11. The van der Waals surface area contributed by atoms with E-state index in [1.807, 2.05) is 33.8 Å². The predicted molar refractivity (Wildman–Crippen MR) is 186 cm³/mol. The molecule has 0 spiro atoms. The third kappa shape index (κ3) is 12.4. The molecule has 2 saturated heterocycles. The molecule has 5 N–H and O–H groups in total. The van der Waals surface area contributed by atoms with E-state index in [2.05, 4.69) is 5.32 Å². The van der Waals surface area contributed by atoms with Gasteiger partial charge in [-0.05, 0) is 58.1 Å². The summed E-state index contributed by atoms with van der Waals surface area (Å²) in [6, 6.07) is -0.173. The number of methoxy groups -OCH3 is 1. The SMILES string of the molecule is CC[C@@H](O)[C@@H](C)[C@H]1O[C@@H]1C[C@](C)(O)/C=C/C=C(\C)[C@H]1OC(=O)C[C@@H](O)CC[C@](C)(OC)[C@@H](OC(=O)N2CCNC(CCC(=O)O)C2)/C=C/[C@@H]1C. The number of hydrogen-bond donors (Lipinski definition) is 5. The number of carboxylic acids is 1. The van der Waals surface area contributed by atoms with Crippen molar-refractivity contribution in [3.63, 3.8) is 0 Å². The molecule has 3 heterocycles. The number of allylic oxidation sites excluding steroid dienone is 2. The fourth-order valence-electron chi connectivity index (χ4n) is 6.67. The molecule has 0 aromatic rings. The Morgan fingerprint density at radius 1 is 1.30 bits per heavy atom. The van der Waals surface area contributed by atoms with E-state index in [9.17, 15) is 29.7 Å². The zero-order chi connectivity index (χ0) is 37.2. The molecule has 13 nitrogen and oxygen atoms in total. The number of epoxide rings is 1. The maximum Gasteiger partial charge on any atom is 0.410 e. The Hall–Kier alpha value is -2.81. The summed E-state index contributed by atoms with van der Waals surface area (Å²) in [6.07, 6.45) is 6.52. The molecule has 0 aromatic heterocycles. The first-order valence-corrected chi connectivity index (χ1v) is 17.9. The lowest BCUT2D eigenvalue weighted by molar-refractivity contribution is -0.151. The van der Waals surface area contributed by atoms with Gasteiger partial charge in [0.25, 0.3) is 0 Å². The molecular weight excluding hydrogens is 648 g/mol. The lowest BCUT2D eigenvalue weighted by Gasteiger charge is -2.38. The summed E-state index contributed by atoms with van der Waals surface area (Å²) in [5, 5.41) is 44.3. The molecule has 50 heavy (non-hydrogen) atoms. The van der Waals surface area contributed by atoms with E-state index in [0.29, 0.717) is 44.5 Å². The first kappa shape index (κ1) is 41.6. The number of aliphatic carboxylic acids is 1. The summed E-state index contributed by atoms with van der Waals surface area (Å²) >= 11 is 0. The van der Waals surface area contributed by atoms with Crippen LogP contribution in [0.25, 0.3) is 0 Å². The highest BCUT2D eigenvalue weighted by molar-refractivity contribution is 5.70. The molecule has 0 saturated carbocycles. The lowest BCUT2D eigenvalue weighted by Crippen LogP contribution is -2.54. The van der Waals surface area contributed by atoms with Gasteiger partial charge in [0.15, 0.2) is 6.10 Å². The van der Waals surface area contributed by atoms with Crippen LogP contribution in [0.5, 0.6) is 0 Å². The molecule has 0 radical (unpaired) electrons. The van der Waals surface area contributed by atoms with E-state index in [4.69, 9.17) is 24.1 Å². The highest BCUT2D eigenvalue weighted by atomic mass is 16.6. The van der Waals surface area contributed by atoms with Crippen molar-refractivity contribution in [3.8, 4) is 0 Å². The van der Waals surface area contributed by atoms with Crippen LogP contribution in [-0.4, -0.2) is 124 Å². The van der Waals surface area contributed by atoms with Crippen LogP contribution >= 0.6 is 0 Å². The number of aliphatic hydroxyl groups is 3. The number of ether oxygens (including phenoxy) is 4. The molecule has 2 fully saturated rings. The second-order valence-electron chi connectivity index (χ2n) is 14.7. The van der Waals surface area contributed by atoms with Gasteiger partial charge < -0.3 is 49.6 Å². The highest BCUT2D eigenvalue weighted by Crippen LogP contribution is 2.37. The van der Waals surface area contributed by atoms with Crippen LogP contribution in [0.4, 0.5) is 4.79 Å². The van der Waals surface area contributed by atoms with E-state index in [0.717, 1.165) is 0 Å². The van der Waals surface area contributed by atoms with Crippen LogP contribution in [-0.2, 0) is 28.5 Å². The number of hydrogen-bond acceptors (Lipinski definition) is 11. The van der Waals surface area contributed by atoms with Crippen LogP contribution in [0, 0.1) is 11.8 Å². The standard InChI is InChI=1S/C37H60N2O11/c1-8-28(41)25(4)34-29(48-34)21-36(5,46)16-9-10-23(2)33-24(3)11-13-30(37(6,47-7)17-15-27(40)20-32(44)50-33)49-35(45)39-19-18-38-26(22-39)12-14-31(42)43/h9-11,13,16,24-30,33-34,38,40-41,46H,8,12,14-15,17-22H2,1-7H3,(H,42,43)/b13-11+,16-9+,23-10+/t24-,25+,26?,27-,28+,29+,30-,33+,34+,36+,37-/m0/s1. The molecule has 284 valence electrons. The Labute approximate surface area is 296 Å². The maximum absolute atomic E-state index is 13.5. The zero-order valence-electron chi connectivity index (χ0n) is 30.7. The third-order valence-electron chi connectivity index (χ3n) is 10.3. The molecule has 13 heteroatoms. The Balaban J connectivity index is 1.77. The van der Waals surface area contributed by atoms with Crippen molar-refractivity contribution in [2.24, 2.45) is 11.8 Å². The number of esters is 1. The summed E-state index contributed by atoms with van der Waals surface area (Å²) in [7, 11) is 1.51. The van der Waals surface area contributed by atoms with Crippen molar-refractivity contribution in [2.75, 3.05) is 26.7 Å². The lowest BCUT2D eigenvalue weighted by atomic mass is 9.88. The number of piperazine rings is 1. The number of rotatable bonds is 13. The predicted octanol–water partition coefficient (Wildman–Crippen LogP) is 3.50. The Morgan fingerprint density at radius 3 is 2.68 bits per heavy atom. The Kier molecular flexibility index (Phi) is 15.5. The number of amides is 1. The molecule has 0 bridgehead atoms. The van der Waals surface area contributed by atoms with Gasteiger partial charge >= 0.3 is 18.0 Å². The first-order chi connectivity index (χ1) is 23.5. The largest absolute Gasteiger partial charge is 0.481 e. The minimum absolute atomic E-state index is 0.0112. The van der Waals surface area contributed by atoms with Gasteiger partial charge in [0.1, 0.15) is 11.7 Å². The molecule has 3 aliphatic rings. The monoisotopic (exact) mass is 708 g/mol. The zero-order valence-corrected chi connectivity index (χ0v) is 30.7. The first-order valence-electron chi connectivity index (χ1n) is 17.9. The number of cyclic esters (lactones) is 1. The van der Waals surface area contributed by atoms with Gasteiger partial charge in [0, 0.05) is 57.5 Å². The molecule has 0 aliphatic carbocycles. The number of nitrogens with one attached hydrogen (secondary N) is 1. The topological polar surface area (TPSA) is 188 Å². The van der Waals surface area contributed by atoms with E-state index in [1.54, 1.807) is 43.1 Å². The van der Waals surface area contributed by atoms with E-state index in [-0.39, 0.29) is 55.8 Å². The number of aliphatic hydroxyl groups excluding tert-OH is 2. The van der Waals surface area contributed by atoms with E-state index in [1.165, 1.54) is 7.11 Å². The number of carbonyl (C=O) groups excluding carboxylic acids is 2. The van der Waals surface area contributed by atoms with Crippen molar-refractivity contribution in [3.05, 3.63) is 36.0 Å². The van der Waals surface area contributed by atoms with E-state index >= 15 is 0 Å². The summed E-state index contributed by atoms with van der Waals surface area (Å²) in [4.78, 5) is 39.0. The fourth-order valence-corrected chi connectivity index (χ4v) is 6.67. The Bertz CT molecular complexity index is 1240. The van der Waals surface area contributed by atoms with Crippen LogP contribution in [0.1, 0.15) is 86.5 Å². The van der Waals surface area contributed by atoms with Gasteiger partial charge in [-0.1, -0.05) is 45.1 Å². The van der Waals surface area contributed by atoms with Gasteiger partial charge in [0.2, 0.25) is 0 Å². The highest BCUT2D eigenvalue weighted by Gasteiger charge is 2.47. The van der Waals surface area contributed by atoms with Gasteiger partial charge in [-0.2, -0.15) is 0 Å². The van der Waals surface area contributed by atoms with Crippen LogP contribution in [0.15, 0.2) is 36.0 Å². The fraction of sp³-hybridized carbons (Fsp3) is 0.757. The van der Waals surface area contributed by atoms with Gasteiger partial charge in [0.05, 0.1) is 36.4 Å². The minimum Gasteiger partial charge on any atom is -0.481 e.